The molecule has 6 aromatic carbocycles. The number of nitrogens with zero attached hydrogens (tertiary/aromatic N) is 22. The smallest absolute Gasteiger partial charge is 0.265 e. The van der Waals surface area contributed by atoms with Gasteiger partial charge in [0.15, 0.2) is 29.1 Å². The summed E-state index contributed by atoms with van der Waals surface area (Å²) in [6, 6.07) is 60.4. The van der Waals surface area contributed by atoms with Gasteiger partial charge in [0, 0.05) is 181 Å². The van der Waals surface area contributed by atoms with E-state index in [2.05, 4.69) is 116 Å². The molecule has 1 saturated carbocycles. The molecule has 20 rings (SSSR count). The summed E-state index contributed by atoms with van der Waals surface area (Å²) < 4.78 is 7.58. The van der Waals surface area contributed by atoms with Gasteiger partial charge in [-0.2, -0.15) is 5.10 Å². The fourth-order valence-corrected chi connectivity index (χ4v) is 18.2. The van der Waals surface area contributed by atoms with E-state index < -0.39 is 0 Å². The first-order chi connectivity index (χ1) is 66.0. The quantitative estimate of drug-likeness (QED) is 0.0429. The molecule has 36 nitrogen and oxygen atoms in total. The average molecular weight is 1850 g/mol. The molecule has 1 aliphatic carbocycles. The first kappa shape index (κ1) is 93.5. The van der Waals surface area contributed by atoms with Gasteiger partial charge in [-0.25, -0.2) is 0 Å². The Morgan fingerprint density at radius 3 is 1.24 bits per heavy atom. The molecule has 14 aromatic rings. The largest absolute Gasteiger partial charge is 0.507 e. The number of phenols is 5. The van der Waals surface area contributed by atoms with E-state index in [0.717, 1.165) is 99.0 Å². The normalized spacial score (nSPS) is 18.2. The third-order valence-corrected chi connectivity index (χ3v) is 25.7. The van der Waals surface area contributed by atoms with Crippen molar-refractivity contribution >= 4 is 80.9 Å². The summed E-state index contributed by atoms with van der Waals surface area (Å²) in [7, 11) is 1.93. The van der Waals surface area contributed by atoms with E-state index in [0.29, 0.717) is 161 Å². The number of nitrogen functional groups attached to an aromatic ring is 5. The zero-order valence-corrected chi connectivity index (χ0v) is 76.7. The fourth-order valence-electron chi connectivity index (χ4n) is 17.6. The van der Waals surface area contributed by atoms with Gasteiger partial charge in [0.1, 0.15) is 33.6 Å². The number of anilines is 9. The third kappa shape index (κ3) is 22.1. The number of para-hydroxylation sites is 5. The van der Waals surface area contributed by atoms with Gasteiger partial charge in [0.05, 0.1) is 80.3 Å². The molecule has 8 aromatic heterocycles. The molecule has 6 atom stereocenters. The molecule has 5 saturated heterocycles. The summed E-state index contributed by atoms with van der Waals surface area (Å²) in [6.07, 6.45) is 10.9. The summed E-state index contributed by atoms with van der Waals surface area (Å²) in [5, 5.41) is 95.9. The summed E-state index contributed by atoms with van der Waals surface area (Å²) in [6.45, 7) is 16.9. The van der Waals surface area contributed by atoms with E-state index in [1.165, 1.54) is 16.9 Å². The van der Waals surface area contributed by atoms with Crippen LogP contribution in [0.5, 0.6) is 28.7 Å². The Morgan fingerprint density at radius 2 is 0.838 bits per heavy atom. The highest BCUT2D eigenvalue weighted by molar-refractivity contribution is 7.11. The van der Waals surface area contributed by atoms with Gasteiger partial charge in [0.2, 0.25) is 5.91 Å². The lowest BCUT2D eigenvalue weighted by Gasteiger charge is -2.41. The lowest BCUT2D eigenvalue weighted by atomic mass is 10.0. The Bertz CT molecular complexity index is 6480. The van der Waals surface area contributed by atoms with E-state index in [9.17, 15) is 39.9 Å². The number of benzene rings is 6. The van der Waals surface area contributed by atoms with E-state index >= 15 is 0 Å². The lowest BCUT2D eigenvalue weighted by Crippen LogP contribution is -2.54. The minimum atomic E-state index is -0.0269. The van der Waals surface area contributed by atoms with Crippen LogP contribution in [-0.2, 0) is 23.1 Å². The Balaban J connectivity index is 0.000000124. The minimum Gasteiger partial charge on any atom is -0.507 e. The molecule has 6 fully saturated rings. The van der Waals surface area contributed by atoms with Crippen molar-refractivity contribution < 1.29 is 44.7 Å². The number of carbonyl (C=O) groups excluding carboxylic acids is 3. The van der Waals surface area contributed by atoms with Crippen molar-refractivity contribution in [3.8, 4) is 85.0 Å². The molecular weight excluding hydrogens is 1740 g/mol. The van der Waals surface area contributed by atoms with Crippen LogP contribution in [-0.4, -0.2) is 243 Å². The zero-order chi connectivity index (χ0) is 95.0. The van der Waals surface area contributed by atoms with Crippen LogP contribution in [0.15, 0.2) is 230 Å². The number of pyridine rings is 1. The van der Waals surface area contributed by atoms with Gasteiger partial charge in [-0.15, -0.1) is 62.3 Å². The number of hydrogen-bond acceptors (Lipinski definition) is 33. The molecular formula is C99H109N27O9S. The van der Waals surface area contributed by atoms with Crippen molar-refractivity contribution in [2.75, 3.05) is 140 Å². The number of aromatic nitrogens is 14. The van der Waals surface area contributed by atoms with Crippen molar-refractivity contribution in [1.82, 2.24) is 90.3 Å². The van der Waals surface area contributed by atoms with Crippen molar-refractivity contribution in [3.63, 3.8) is 0 Å². The second-order valence-corrected chi connectivity index (χ2v) is 35.0. The second-order valence-electron chi connectivity index (χ2n) is 34.1. The maximum Gasteiger partial charge on any atom is 0.265 e. The van der Waals surface area contributed by atoms with E-state index in [-0.39, 0.29) is 76.6 Å². The number of nitrogens with two attached hydrogens (primary N) is 5. The fraction of sp³-hybridized carbons (Fsp3) is 0.293. The third-order valence-electron chi connectivity index (χ3n) is 24.9. The van der Waals surface area contributed by atoms with Crippen LogP contribution in [0.25, 0.3) is 56.3 Å². The van der Waals surface area contributed by atoms with Gasteiger partial charge in [-0.1, -0.05) is 91.0 Å². The molecule has 0 bridgehead atoms. The van der Waals surface area contributed by atoms with Crippen LogP contribution in [0.4, 0.5) is 51.8 Å². The number of phenolic OH excluding ortho intramolecular Hbond substituents is 5. The molecule has 5 aliphatic heterocycles. The molecule has 5 unspecified atom stereocenters. The number of piperazine rings is 4. The van der Waals surface area contributed by atoms with E-state index in [1.807, 2.05) is 131 Å². The predicted molar refractivity (Wildman–Crippen MR) is 523 cm³/mol. The predicted octanol–water partition coefficient (Wildman–Crippen LogP) is 11.8. The summed E-state index contributed by atoms with van der Waals surface area (Å²) >= 11 is 1.35. The van der Waals surface area contributed by atoms with Crippen LogP contribution in [0.1, 0.15) is 95.3 Å². The van der Waals surface area contributed by atoms with Gasteiger partial charge < -0.3 is 93.2 Å². The van der Waals surface area contributed by atoms with Crippen LogP contribution < -0.4 is 48.3 Å². The van der Waals surface area contributed by atoms with Gasteiger partial charge in [0.25, 0.3) is 11.8 Å². The summed E-state index contributed by atoms with van der Waals surface area (Å²) in [4.78, 5) is 64.0. The van der Waals surface area contributed by atoms with Crippen LogP contribution in [0.2, 0.25) is 0 Å². The molecule has 0 radical (unpaired) electrons. The lowest BCUT2D eigenvalue weighted by molar-refractivity contribution is -0.135. The molecule has 37 heteroatoms. The maximum absolute atomic E-state index is 13.2. The van der Waals surface area contributed by atoms with Gasteiger partial charge in [-0.05, 0) is 167 Å². The maximum atomic E-state index is 13.2. The first-order valence-electron chi connectivity index (χ1n) is 45.1. The highest BCUT2D eigenvalue weighted by Crippen LogP contribution is 2.49. The molecule has 15 N–H and O–H groups in total. The summed E-state index contributed by atoms with van der Waals surface area (Å²) in [5.41, 5.74) is 45.0. The van der Waals surface area contributed by atoms with Crippen LogP contribution in [0.3, 0.4) is 0 Å². The topological polar surface area (TPSA) is 490 Å². The van der Waals surface area contributed by atoms with Gasteiger partial charge >= 0.3 is 0 Å². The second kappa shape index (κ2) is 42.9. The molecule has 13 heterocycles. The summed E-state index contributed by atoms with van der Waals surface area (Å²) in [5.74, 6) is 3.26. The molecule has 700 valence electrons. The number of rotatable bonds is 16. The first-order valence-corrected chi connectivity index (χ1v) is 46.0. The monoisotopic (exact) mass is 1850 g/mol. The molecule has 6 aliphatic rings. The Hall–Kier alpha value is -15.8. The molecule has 0 spiro atoms. The van der Waals surface area contributed by atoms with Crippen LogP contribution >= 0.6 is 11.3 Å². The van der Waals surface area contributed by atoms with Gasteiger partial charge in [-0.3, -0.25) is 33.9 Å². The van der Waals surface area contributed by atoms with Crippen molar-refractivity contribution in [2.45, 2.75) is 83.1 Å². The number of thiazole rings is 1. The number of amides is 3. The van der Waals surface area contributed by atoms with Crippen molar-refractivity contribution in [3.05, 3.63) is 258 Å². The number of aryl methyl sites for hydroxylation is 1. The minimum absolute atomic E-state index is 0.00416. The zero-order valence-electron chi connectivity index (χ0n) is 75.8. The number of hydrogen-bond donors (Lipinski definition) is 10. The number of aromatic hydroxyl groups is 5. The SMILES string of the molecule is CC1CN(c2cc(-c3ccccc3O)nnc2N)CCN1C(=O)C1CC1c1ccccc1.CC1CN(c2cc(-c3ccccc3O)nnc2N)CCN1C(=O)c1cccnc1.CC1CN(c2cc(-c3ccccc3O)nnc2N)CCN1C(=O)c1cncs1.Cn1ccc(CN2CCN(c3cc(-c4ccccc4O)nnc3N)CC2)n1.Nc1nnc(-c2ccccc2O)cc1[C@H]1CCCCO1. The van der Waals surface area contributed by atoms with Crippen molar-refractivity contribution in [1.29, 1.82) is 0 Å². The van der Waals surface area contributed by atoms with E-state index in [4.69, 9.17) is 33.4 Å². The number of ether oxygens (including phenoxy) is 1. The standard InChI is InChI=1S/C25H27N5O2.C21H22N6O2.C19H23N7O.C19H20N6O2S.C15H17N3O2/c1-16-15-29(22-14-21(27-28-24(22)26)18-9-5-6-10-23(18)31)11-12-30(16)25(32)20-13-19(20)17-7-3-2-4-8-17;1-14-13-26(9-10-27(14)21(29)15-5-4-8-23-12-15)18-11-17(24-25-20(18)22)16-6-2-3-7-19(16)28;1-24-7-6-14(23-24)13-25-8-10-26(11-9-25)17-12-16(21-22-19(17)20)15-4-2-3-5-18(15)27;1-12-10-24(6-7-25(12)19(27)17-9-21-11-28-17)15-8-14(22-23-18(15)20)13-4-2-3-5-16(13)26;16-15-11(14-7-3-4-8-20-14)9-12(17-18-15)10-5-1-2-6-13(10)19/h2-10,14,16,19-20,31H,11-13,15H2,1H3,(H2,26,28);2-8,11-12,14,28H,9-10,13H2,1H3,(H2,22,25);2-7,12,27H,8-11,13H2,1H3,(H2,20,22);2-5,8-9,11-12,26H,6-7,10H2,1H3,(H2,20,23);1-2,5-6,9,14,19H,3-4,7-8H2,(H2,16,18)/t;;;;14-/m....1/s1. The van der Waals surface area contributed by atoms with E-state index in [1.54, 1.807) is 121 Å². The van der Waals surface area contributed by atoms with Crippen LogP contribution in [0, 0.1) is 5.92 Å². The van der Waals surface area contributed by atoms with Crippen molar-refractivity contribution in [2.24, 2.45) is 13.0 Å². The highest BCUT2D eigenvalue weighted by atomic mass is 32.1. The average Bonchev–Trinajstić information content (AvgIpc) is 1.58. The Kier molecular flexibility index (Phi) is 29.5. The number of carbonyl (C=O) groups is 3. The molecule has 136 heavy (non-hydrogen) atoms. The highest BCUT2D eigenvalue weighted by Gasteiger charge is 2.47. The Labute approximate surface area is 790 Å². The molecule has 3 amide bonds. The Morgan fingerprint density at radius 1 is 0.426 bits per heavy atom.